The fraction of sp³-hybridized carbons (Fsp3) is 0.0400. The largest absolute Gasteiger partial charge is 0.335 e. The highest BCUT2D eigenvalue weighted by Gasteiger charge is 2.41. The van der Waals surface area contributed by atoms with Crippen molar-refractivity contribution in [2.24, 2.45) is 11.0 Å². The first-order chi connectivity index (χ1) is 17.3. The van der Waals surface area contributed by atoms with Crippen molar-refractivity contribution in [3.63, 3.8) is 0 Å². The summed E-state index contributed by atoms with van der Waals surface area (Å²) in [4.78, 5) is 62.1. The molecule has 0 spiro atoms. The lowest BCUT2D eigenvalue weighted by atomic mass is 10.1. The van der Waals surface area contributed by atoms with Crippen LogP contribution >= 0.6 is 0 Å². The molecule has 1 aliphatic rings. The monoisotopic (exact) mass is 487 g/mol. The molecular weight excluding hydrogens is 469 g/mol. The highest BCUT2D eigenvalue weighted by atomic mass is 19.1. The summed E-state index contributed by atoms with van der Waals surface area (Å²) >= 11 is 0. The number of barbiturate groups is 1. The lowest BCUT2D eigenvalue weighted by Crippen LogP contribution is -2.59. The highest BCUT2D eigenvalue weighted by molar-refractivity contribution is 6.32. The zero-order valence-electron chi connectivity index (χ0n) is 18.5. The van der Waals surface area contributed by atoms with Crippen molar-refractivity contribution in [1.29, 1.82) is 0 Å². The number of para-hydroxylation sites is 1. The Balaban J connectivity index is 1.39. The normalized spacial score (nSPS) is 15.5. The number of rotatable bonds is 6. The Hall–Kier alpha value is -5.19. The van der Waals surface area contributed by atoms with Gasteiger partial charge >= 0.3 is 6.03 Å². The van der Waals surface area contributed by atoms with Gasteiger partial charge < -0.3 is 5.32 Å². The first-order valence-corrected chi connectivity index (χ1v) is 10.6. The van der Waals surface area contributed by atoms with E-state index in [-0.39, 0.29) is 17.2 Å². The summed E-state index contributed by atoms with van der Waals surface area (Å²) in [5.74, 6) is -5.35. The topological polar surface area (TPSA) is 137 Å². The lowest BCUT2D eigenvalue weighted by Gasteiger charge is -2.28. The molecule has 0 aliphatic carbocycles. The second kappa shape index (κ2) is 10.4. The lowest BCUT2D eigenvalue weighted by molar-refractivity contribution is -0.131. The number of hydrogen-bond acceptors (Lipinski definition) is 6. The minimum Gasteiger partial charge on any atom is -0.322 e. The maximum atomic E-state index is 14.1. The molecule has 3 aromatic carbocycles. The number of urea groups is 1. The van der Waals surface area contributed by atoms with Crippen molar-refractivity contribution < 1.29 is 28.4 Å². The van der Waals surface area contributed by atoms with E-state index in [1.807, 2.05) is 5.32 Å². The van der Waals surface area contributed by atoms with Gasteiger partial charge in [0.15, 0.2) is 5.92 Å². The summed E-state index contributed by atoms with van der Waals surface area (Å²) in [5.41, 5.74) is 2.99. The molecule has 0 aromatic heterocycles. The summed E-state index contributed by atoms with van der Waals surface area (Å²) in [7, 11) is 0. The molecule has 11 heteroatoms. The molecule has 1 heterocycles. The number of nitrogens with zero attached hydrogens (tertiary/aromatic N) is 2. The predicted octanol–water partition coefficient (Wildman–Crippen LogP) is 2.69. The van der Waals surface area contributed by atoms with Gasteiger partial charge in [-0.15, -0.1) is 0 Å². The van der Waals surface area contributed by atoms with Crippen LogP contribution in [0.15, 0.2) is 84.0 Å². The van der Waals surface area contributed by atoms with Gasteiger partial charge in [0.05, 0.1) is 5.69 Å². The minimum atomic E-state index is -1.57. The third-order valence-corrected chi connectivity index (χ3v) is 5.13. The van der Waals surface area contributed by atoms with Crippen molar-refractivity contribution in [2.45, 2.75) is 0 Å². The van der Waals surface area contributed by atoms with Crippen LogP contribution in [0, 0.1) is 11.7 Å². The van der Waals surface area contributed by atoms with Crippen LogP contribution in [0.3, 0.4) is 0 Å². The first-order valence-electron chi connectivity index (χ1n) is 10.6. The summed E-state index contributed by atoms with van der Waals surface area (Å²) in [6, 6.07) is 18.5. The van der Waals surface area contributed by atoms with Crippen molar-refractivity contribution in [3.05, 3.63) is 95.8 Å². The molecule has 3 aromatic rings. The molecule has 3 N–H and O–H groups in total. The summed E-state index contributed by atoms with van der Waals surface area (Å²) in [6.45, 7) is 0. The standard InChI is InChI=1S/C25H18FN5O5/c26-19-8-4-5-9-20(19)31-24(35)18(23(34)29-25(31)36)14-27-30-22(33)16-10-12-17(13-11-16)28-21(32)15-6-2-1-3-7-15/h1-14,18H,(H,28,32)(H,30,33)(H,29,34,36)/b27-14-/t18-/m0/s1. The smallest absolute Gasteiger partial charge is 0.322 e. The Bertz CT molecular complexity index is 1380. The number of amides is 6. The number of hydrogen-bond donors (Lipinski definition) is 3. The predicted molar refractivity (Wildman–Crippen MR) is 128 cm³/mol. The van der Waals surface area contributed by atoms with Gasteiger partial charge in [-0.05, 0) is 48.5 Å². The first kappa shape index (κ1) is 24.0. The number of carbonyl (C=O) groups is 5. The fourth-order valence-corrected chi connectivity index (χ4v) is 3.32. The van der Waals surface area contributed by atoms with Crippen molar-refractivity contribution in [1.82, 2.24) is 10.7 Å². The highest BCUT2D eigenvalue weighted by Crippen LogP contribution is 2.23. The van der Waals surface area contributed by atoms with Gasteiger partial charge in [0.2, 0.25) is 5.91 Å². The molecule has 0 bridgehead atoms. The Morgan fingerprint density at radius 2 is 1.50 bits per heavy atom. The molecule has 4 rings (SSSR count). The maximum absolute atomic E-state index is 14.1. The van der Waals surface area contributed by atoms with Crippen LogP contribution in [0.5, 0.6) is 0 Å². The number of hydrazone groups is 1. The Kier molecular flexibility index (Phi) is 6.91. The zero-order chi connectivity index (χ0) is 25.7. The summed E-state index contributed by atoms with van der Waals surface area (Å²) < 4.78 is 14.1. The maximum Gasteiger partial charge on any atom is 0.335 e. The van der Waals surface area contributed by atoms with Crippen LogP contribution < -0.4 is 21.0 Å². The van der Waals surface area contributed by atoms with Crippen LogP contribution in [0.25, 0.3) is 0 Å². The molecule has 1 atom stereocenters. The number of benzene rings is 3. The number of halogens is 1. The molecule has 36 heavy (non-hydrogen) atoms. The Labute approximate surface area is 203 Å². The van der Waals surface area contributed by atoms with Gasteiger partial charge in [-0.3, -0.25) is 24.5 Å². The molecule has 6 amide bonds. The van der Waals surface area contributed by atoms with E-state index in [0.717, 1.165) is 12.3 Å². The third-order valence-electron chi connectivity index (χ3n) is 5.13. The molecule has 0 saturated carbocycles. The van der Waals surface area contributed by atoms with Crippen LogP contribution in [0.4, 0.5) is 20.6 Å². The van der Waals surface area contributed by atoms with Crippen molar-refractivity contribution in [2.75, 3.05) is 10.2 Å². The van der Waals surface area contributed by atoms with Crippen molar-refractivity contribution >= 4 is 47.2 Å². The zero-order valence-corrected chi connectivity index (χ0v) is 18.5. The van der Waals surface area contributed by atoms with E-state index >= 15 is 0 Å². The van der Waals surface area contributed by atoms with E-state index in [0.29, 0.717) is 16.2 Å². The molecule has 1 saturated heterocycles. The average molecular weight is 487 g/mol. The third kappa shape index (κ3) is 5.14. The summed E-state index contributed by atoms with van der Waals surface area (Å²) in [5, 5.41) is 8.32. The Morgan fingerprint density at radius 3 is 2.19 bits per heavy atom. The summed E-state index contributed by atoms with van der Waals surface area (Å²) in [6.07, 6.45) is 0.851. The van der Waals surface area contributed by atoms with Gasteiger partial charge in [-0.1, -0.05) is 30.3 Å². The number of carbonyl (C=O) groups excluding carboxylic acids is 5. The van der Waals surface area contributed by atoms with E-state index in [4.69, 9.17) is 0 Å². The average Bonchev–Trinajstić information content (AvgIpc) is 2.88. The van der Waals surface area contributed by atoms with Gasteiger partial charge in [-0.25, -0.2) is 19.5 Å². The van der Waals surface area contributed by atoms with E-state index < -0.39 is 35.5 Å². The van der Waals surface area contributed by atoms with Gasteiger partial charge in [0.25, 0.3) is 17.7 Å². The van der Waals surface area contributed by atoms with E-state index in [1.165, 1.54) is 42.5 Å². The number of imide groups is 2. The van der Waals surface area contributed by atoms with Crippen LogP contribution in [-0.2, 0) is 9.59 Å². The van der Waals surface area contributed by atoms with E-state index in [9.17, 15) is 28.4 Å². The molecule has 0 unspecified atom stereocenters. The molecule has 1 fully saturated rings. The second-order valence-electron chi connectivity index (χ2n) is 7.51. The molecule has 10 nitrogen and oxygen atoms in total. The number of anilines is 2. The number of nitrogens with one attached hydrogen (secondary N) is 3. The van der Waals surface area contributed by atoms with Crippen molar-refractivity contribution in [3.8, 4) is 0 Å². The van der Waals surface area contributed by atoms with Crippen LogP contribution in [0.2, 0.25) is 0 Å². The fourth-order valence-electron chi connectivity index (χ4n) is 3.32. The van der Waals surface area contributed by atoms with Gasteiger partial charge in [0, 0.05) is 23.0 Å². The van der Waals surface area contributed by atoms with Gasteiger partial charge in [0.1, 0.15) is 5.82 Å². The van der Waals surface area contributed by atoms with Crippen LogP contribution in [-0.4, -0.2) is 35.9 Å². The molecular formula is C25H18FN5O5. The van der Waals surface area contributed by atoms with Gasteiger partial charge in [-0.2, -0.15) is 5.10 Å². The Morgan fingerprint density at radius 1 is 0.861 bits per heavy atom. The van der Waals surface area contributed by atoms with E-state index in [2.05, 4.69) is 15.8 Å². The van der Waals surface area contributed by atoms with E-state index in [1.54, 1.807) is 30.3 Å². The molecule has 0 radical (unpaired) electrons. The second-order valence-corrected chi connectivity index (χ2v) is 7.51. The quantitative estimate of drug-likeness (QED) is 0.279. The van der Waals surface area contributed by atoms with Crippen LogP contribution in [0.1, 0.15) is 20.7 Å². The minimum absolute atomic E-state index is 0.187. The molecule has 1 aliphatic heterocycles. The SMILES string of the molecule is O=C(N/N=C\[C@H]1C(=O)NC(=O)N(c2ccccc2F)C1=O)c1ccc(NC(=O)c2ccccc2)cc1. The molecule has 180 valence electrons.